The molecule has 1 aromatic carbocycles. The SMILES string of the molecule is Cc1cccc(C(N)=[NH2+])c1.[Cl-]. The van der Waals surface area contributed by atoms with Gasteiger partial charge in [0.1, 0.15) is 0 Å². The number of benzene rings is 1. The molecule has 0 saturated heterocycles. The molecule has 0 aliphatic heterocycles. The molecule has 60 valence electrons. The summed E-state index contributed by atoms with van der Waals surface area (Å²) in [6.07, 6.45) is 0. The molecule has 1 aromatic rings. The first-order chi connectivity index (χ1) is 4.70. The maximum absolute atomic E-state index is 5.38. The van der Waals surface area contributed by atoms with E-state index in [1.807, 2.05) is 31.2 Å². The zero-order valence-corrected chi connectivity index (χ0v) is 7.10. The van der Waals surface area contributed by atoms with Crippen molar-refractivity contribution in [2.24, 2.45) is 5.73 Å². The molecule has 0 aliphatic carbocycles. The standard InChI is InChI=1S/C8H10N2.ClH/c1-6-3-2-4-7(5-6)8(9)10;/h2-5H,1H3,(H3,9,10);1H. The molecule has 0 saturated carbocycles. The van der Waals surface area contributed by atoms with Gasteiger partial charge in [-0.2, -0.15) is 0 Å². The Labute approximate surface area is 72.3 Å². The van der Waals surface area contributed by atoms with Crippen LogP contribution in [0.2, 0.25) is 0 Å². The van der Waals surface area contributed by atoms with E-state index in [-0.39, 0.29) is 12.4 Å². The van der Waals surface area contributed by atoms with E-state index in [2.05, 4.69) is 0 Å². The third-order valence-electron chi connectivity index (χ3n) is 1.35. The lowest BCUT2D eigenvalue weighted by molar-refractivity contribution is -0.114. The molecule has 0 bridgehead atoms. The van der Waals surface area contributed by atoms with Crippen LogP contribution >= 0.6 is 0 Å². The monoisotopic (exact) mass is 170 g/mol. The normalized spacial score (nSPS) is 8.45. The molecule has 1 rings (SSSR count). The maximum Gasteiger partial charge on any atom is 0.270 e. The van der Waals surface area contributed by atoms with Gasteiger partial charge in [0.25, 0.3) is 5.84 Å². The molecule has 0 aromatic heterocycles. The van der Waals surface area contributed by atoms with Crippen LogP contribution in [0.1, 0.15) is 11.1 Å². The zero-order chi connectivity index (χ0) is 7.56. The van der Waals surface area contributed by atoms with Gasteiger partial charge < -0.3 is 12.4 Å². The summed E-state index contributed by atoms with van der Waals surface area (Å²) in [5.74, 6) is 0.378. The second-order valence-electron chi connectivity index (χ2n) is 2.32. The van der Waals surface area contributed by atoms with Crippen molar-refractivity contribution < 1.29 is 17.8 Å². The van der Waals surface area contributed by atoms with Crippen molar-refractivity contribution in [1.29, 1.82) is 0 Å². The minimum Gasteiger partial charge on any atom is -1.00 e. The van der Waals surface area contributed by atoms with E-state index in [0.29, 0.717) is 5.84 Å². The van der Waals surface area contributed by atoms with Crippen LogP contribution in [-0.2, 0) is 0 Å². The van der Waals surface area contributed by atoms with Gasteiger partial charge in [-0.25, -0.2) is 0 Å². The molecule has 0 spiro atoms. The number of nitrogens with two attached hydrogens (primary N) is 2. The summed E-state index contributed by atoms with van der Waals surface area (Å²) in [6, 6.07) is 7.79. The first-order valence-electron chi connectivity index (χ1n) is 3.15. The Hall–Kier alpha value is -1.02. The molecule has 3 heteroatoms. The van der Waals surface area contributed by atoms with Gasteiger partial charge in [-0.3, -0.25) is 11.1 Å². The van der Waals surface area contributed by atoms with E-state index in [1.165, 1.54) is 5.56 Å². The van der Waals surface area contributed by atoms with Crippen LogP contribution in [0.15, 0.2) is 24.3 Å². The maximum atomic E-state index is 5.38. The van der Waals surface area contributed by atoms with Crippen LogP contribution in [0.5, 0.6) is 0 Å². The predicted octanol–water partition coefficient (Wildman–Crippen LogP) is -3.54. The first-order valence-corrected chi connectivity index (χ1v) is 3.15. The summed E-state index contributed by atoms with van der Waals surface area (Å²) < 4.78 is 0. The average molecular weight is 171 g/mol. The molecule has 2 nitrogen and oxygen atoms in total. The Bertz CT molecular complexity index is 258. The number of rotatable bonds is 1. The van der Waals surface area contributed by atoms with Gasteiger partial charge in [0, 0.05) is 0 Å². The summed E-state index contributed by atoms with van der Waals surface area (Å²) in [5.41, 5.74) is 7.45. The van der Waals surface area contributed by atoms with Gasteiger partial charge in [-0.15, -0.1) is 0 Å². The van der Waals surface area contributed by atoms with Crippen molar-refractivity contribution in [1.82, 2.24) is 0 Å². The molecule has 0 fully saturated rings. The van der Waals surface area contributed by atoms with Crippen molar-refractivity contribution in [2.45, 2.75) is 6.92 Å². The topological polar surface area (TPSA) is 51.6 Å². The Morgan fingerprint density at radius 1 is 1.45 bits per heavy atom. The second kappa shape index (κ2) is 3.98. The van der Waals surface area contributed by atoms with E-state index in [4.69, 9.17) is 11.1 Å². The van der Waals surface area contributed by atoms with Crippen molar-refractivity contribution in [3.05, 3.63) is 35.4 Å². The zero-order valence-electron chi connectivity index (χ0n) is 6.34. The van der Waals surface area contributed by atoms with E-state index in [0.717, 1.165) is 5.56 Å². The minimum atomic E-state index is 0. The van der Waals surface area contributed by atoms with Crippen LogP contribution in [0.25, 0.3) is 0 Å². The summed E-state index contributed by atoms with van der Waals surface area (Å²) in [5, 5.41) is 5.38. The molecule has 0 atom stereocenters. The molecule has 0 amide bonds. The van der Waals surface area contributed by atoms with Crippen molar-refractivity contribution >= 4 is 5.84 Å². The van der Waals surface area contributed by atoms with E-state index >= 15 is 0 Å². The molecule has 0 aliphatic rings. The lowest BCUT2D eigenvalue weighted by Gasteiger charge is -1.93. The minimum absolute atomic E-state index is 0. The van der Waals surface area contributed by atoms with Gasteiger partial charge in [0.15, 0.2) is 0 Å². The largest absolute Gasteiger partial charge is 1.00 e. The van der Waals surface area contributed by atoms with Gasteiger partial charge in [0.05, 0.1) is 5.56 Å². The van der Waals surface area contributed by atoms with Crippen molar-refractivity contribution in [2.75, 3.05) is 0 Å². The fraction of sp³-hybridized carbons (Fsp3) is 0.125. The van der Waals surface area contributed by atoms with Crippen LogP contribution in [0.4, 0.5) is 0 Å². The van der Waals surface area contributed by atoms with Crippen molar-refractivity contribution in [3.8, 4) is 0 Å². The van der Waals surface area contributed by atoms with E-state index < -0.39 is 0 Å². The highest BCUT2D eigenvalue weighted by molar-refractivity contribution is 5.92. The van der Waals surface area contributed by atoms with Crippen LogP contribution in [0, 0.1) is 6.92 Å². The fourth-order valence-electron chi connectivity index (χ4n) is 0.825. The molecule has 0 radical (unpaired) electrons. The van der Waals surface area contributed by atoms with Crippen LogP contribution < -0.4 is 23.5 Å². The third-order valence-corrected chi connectivity index (χ3v) is 1.35. The number of hydrogen-bond donors (Lipinski definition) is 2. The smallest absolute Gasteiger partial charge is 0.270 e. The lowest BCUT2D eigenvalue weighted by Crippen LogP contribution is -3.00. The Balaban J connectivity index is 0.000001000. The highest BCUT2D eigenvalue weighted by atomic mass is 35.5. The molecule has 4 N–H and O–H groups in total. The van der Waals surface area contributed by atoms with Gasteiger partial charge >= 0.3 is 0 Å². The summed E-state index contributed by atoms with van der Waals surface area (Å²) in [4.78, 5) is 0. The third kappa shape index (κ3) is 2.60. The number of hydrogen-bond acceptors (Lipinski definition) is 0. The highest BCUT2D eigenvalue weighted by Gasteiger charge is 1.98. The Morgan fingerprint density at radius 2 is 2.09 bits per heavy atom. The quantitative estimate of drug-likeness (QED) is 0.333. The van der Waals surface area contributed by atoms with Gasteiger partial charge in [0.2, 0.25) is 0 Å². The van der Waals surface area contributed by atoms with Gasteiger partial charge in [-0.05, 0) is 19.1 Å². The number of aryl methyl sites for hydroxylation is 1. The first kappa shape index (κ1) is 9.98. The van der Waals surface area contributed by atoms with Crippen molar-refractivity contribution in [3.63, 3.8) is 0 Å². The van der Waals surface area contributed by atoms with Crippen LogP contribution in [-0.4, -0.2) is 5.84 Å². The lowest BCUT2D eigenvalue weighted by atomic mass is 10.1. The molecule has 11 heavy (non-hydrogen) atoms. The Morgan fingerprint density at radius 3 is 2.45 bits per heavy atom. The summed E-state index contributed by atoms with van der Waals surface area (Å²) >= 11 is 0. The number of halogens is 1. The molecular weight excluding hydrogens is 160 g/mol. The summed E-state index contributed by atoms with van der Waals surface area (Å²) in [7, 11) is 0. The predicted molar refractivity (Wildman–Crippen MR) is 41.4 cm³/mol. The highest BCUT2D eigenvalue weighted by Crippen LogP contribution is 2.00. The Kier molecular flexibility index (Phi) is 3.61. The fourth-order valence-corrected chi connectivity index (χ4v) is 0.825. The van der Waals surface area contributed by atoms with E-state index in [9.17, 15) is 0 Å². The molecule has 0 heterocycles. The second-order valence-corrected chi connectivity index (χ2v) is 2.32. The van der Waals surface area contributed by atoms with E-state index in [1.54, 1.807) is 0 Å². The van der Waals surface area contributed by atoms with Gasteiger partial charge in [-0.1, -0.05) is 17.7 Å². The molecule has 0 unspecified atom stereocenters. The summed E-state index contributed by atoms with van der Waals surface area (Å²) in [6.45, 7) is 2.01. The number of amidine groups is 1. The van der Waals surface area contributed by atoms with Crippen LogP contribution in [0.3, 0.4) is 0 Å². The molecular formula is C8H11ClN2. The average Bonchev–Trinajstić information content (AvgIpc) is 1.88.